The summed E-state index contributed by atoms with van der Waals surface area (Å²) in [4.78, 5) is 44.8. The van der Waals surface area contributed by atoms with E-state index in [0.29, 0.717) is 19.4 Å². The molecule has 0 saturated heterocycles. The second-order valence-electron chi connectivity index (χ2n) is 12.6. The van der Waals surface area contributed by atoms with Gasteiger partial charge in [0.15, 0.2) is 0 Å². The fourth-order valence-corrected chi connectivity index (χ4v) is 6.07. The number of rotatable bonds is 8. The van der Waals surface area contributed by atoms with Crippen LogP contribution < -0.4 is 11.1 Å². The van der Waals surface area contributed by atoms with E-state index in [1.165, 1.54) is 5.57 Å². The molecule has 236 valence electrons. The van der Waals surface area contributed by atoms with Crippen LogP contribution in [-0.2, 0) is 19.1 Å². The number of nitrogens with zero attached hydrogens (tertiary/aromatic N) is 1. The van der Waals surface area contributed by atoms with E-state index in [0.717, 1.165) is 48.4 Å². The van der Waals surface area contributed by atoms with E-state index in [2.05, 4.69) is 23.3 Å². The predicted molar refractivity (Wildman–Crippen MR) is 170 cm³/mol. The van der Waals surface area contributed by atoms with Crippen LogP contribution in [0.3, 0.4) is 0 Å². The average molecular weight is 604 g/mol. The van der Waals surface area contributed by atoms with Crippen LogP contribution in [0.1, 0.15) is 110 Å². The third-order valence-electron chi connectivity index (χ3n) is 8.51. The summed E-state index contributed by atoms with van der Waals surface area (Å²) in [5, 5.41) is 17.2. The number of ether oxygens (including phenoxy) is 1. The normalized spacial score (nSPS) is 28.1. The Balaban J connectivity index is 2.41. The maximum absolute atomic E-state index is 13.8. The van der Waals surface area contributed by atoms with E-state index >= 15 is 0 Å². The lowest BCUT2D eigenvalue weighted by Gasteiger charge is -2.36. The van der Waals surface area contributed by atoms with Gasteiger partial charge in [0.1, 0.15) is 11.9 Å². The first-order valence-electron chi connectivity index (χ1n) is 15.4. The minimum Gasteiger partial charge on any atom is -0.461 e. The van der Waals surface area contributed by atoms with Crippen LogP contribution in [0.25, 0.3) is 6.08 Å². The van der Waals surface area contributed by atoms with Crippen molar-refractivity contribution in [1.29, 1.82) is 0 Å². The highest BCUT2D eigenvalue weighted by Gasteiger charge is 2.44. The van der Waals surface area contributed by atoms with Crippen molar-refractivity contribution in [2.24, 2.45) is 23.0 Å². The molecule has 1 aromatic heterocycles. The monoisotopic (exact) mass is 603 g/mol. The van der Waals surface area contributed by atoms with Crippen molar-refractivity contribution in [1.82, 2.24) is 10.3 Å². The third kappa shape index (κ3) is 11.0. The van der Waals surface area contributed by atoms with E-state index in [9.17, 15) is 19.5 Å². The number of nitrogens with one attached hydrogen (secondary N) is 1. The zero-order chi connectivity index (χ0) is 31.4. The van der Waals surface area contributed by atoms with Gasteiger partial charge in [-0.15, -0.1) is 11.3 Å². The maximum atomic E-state index is 13.8. The number of amides is 1. The molecule has 1 aromatic rings. The molecule has 2 rings (SSSR count). The van der Waals surface area contributed by atoms with Crippen molar-refractivity contribution in [3.63, 3.8) is 0 Å². The molecule has 8 nitrogen and oxygen atoms in total. The number of aliphatic hydroxyl groups is 1. The van der Waals surface area contributed by atoms with Gasteiger partial charge < -0.3 is 20.9 Å². The molecular weight excluding hydrogens is 550 g/mol. The van der Waals surface area contributed by atoms with Crippen LogP contribution in [0.15, 0.2) is 22.6 Å². The SMILES string of the molecule is C/C1=C/C[C@@H](/C(C)=C/c2csc(C)n2)NC(=O)C[C@H](OC(=O)CCCCCN)C(C)(C)C(=O)[C@H](C)[C@@H](O)[C@@H](C)CCC1. The fourth-order valence-electron chi connectivity index (χ4n) is 5.50. The van der Waals surface area contributed by atoms with Crippen LogP contribution in [0.2, 0.25) is 0 Å². The first-order valence-corrected chi connectivity index (χ1v) is 16.3. The number of thiazole rings is 1. The minimum atomic E-state index is -1.18. The topological polar surface area (TPSA) is 132 Å². The molecule has 5 atom stereocenters. The van der Waals surface area contributed by atoms with Crippen molar-refractivity contribution in [3.8, 4) is 0 Å². The van der Waals surface area contributed by atoms with Crippen molar-refractivity contribution < 1.29 is 24.2 Å². The van der Waals surface area contributed by atoms with Crippen LogP contribution in [0.5, 0.6) is 0 Å². The first kappa shape index (κ1) is 35.8. The Labute approximate surface area is 256 Å². The molecule has 1 aliphatic heterocycles. The second kappa shape index (κ2) is 17.1. The molecule has 0 unspecified atom stereocenters. The Kier molecular flexibility index (Phi) is 14.6. The lowest BCUT2D eigenvalue weighted by Crippen LogP contribution is -2.48. The summed E-state index contributed by atoms with van der Waals surface area (Å²) in [5.41, 5.74) is 7.42. The summed E-state index contributed by atoms with van der Waals surface area (Å²) >= 11 is 1.58. The van der Waals surface area contributed by atoms with Crippen molar-refractivity contribution >= 4 is 35.1 Å². The molecule has 0 aromatic carbocycles. The minimum absolute atomic E-state index is 0.0770. The largest absolute Gasteiger partial charge is 0.461 e. The number of unbranched alkanes of at least 4 members (excludes halogenated alkanes) is 2. The molecule has 0 radical (unpaired) electrons. The molecule has 4 N–H and O–H groups in total. The first-order chi connectivity index (χ1) is 19.8. The summed E-state index contributed by atoms with van der Waals surface area (Å²) in [6.07, 6.45) is 7.79. The van der Waals surface area contributed by atoms with Crippen LogP contribution >= 0.6 is 11.3 Å². The lowest BCUT2D eigenvalue weighted by atomic mass is 9.72. The summed E-state index contributed by atoms with van der Waals surface area (Å²) in [5.74, 6) is -1.71. The van der Waals surface area contributed by atoms with Gasteiger partial charge in [0.05, 0.1) is 34.7 Å². The number of aromatic nitrogens is 1. The number of aliphatic hydroxyl groups excluding tert-OH is 1. The van der Waals surface area contributed by atoms with Gasteiger partial charge in [0.2, 0.25) is 5.91 Å². The summed E-state index contributed by atoms with van der Waals surface area (Å²) in [7, 11) is 0. The standard InChI is InChI=1S/C33H53N3O5S/c1-21-12-11-13-22(2)31(39)24(4)32(40)33(6,7)28(41-30(38)14-9-8-10-17-34)19-29(37)36-27(16-15-21)23(3)18-26-20-42-25(5)35-26/h15,18,20,22,24,27-28,31,39H,8-14,16-17,19,34H2,1-7H3,(H,36,37)/b21-15-,23-18+/t22-,24+,27-,28-,31-/m0/s1. The van der Waals surface area contributed by atoms with E-state index in [4.69, 9.17) is 10.5 Å². The van der Waals surface area contributed by atoms with Crippen molar-refractivity contribution in [3.05, 3.63) is 33.3 Å². The number of carbonyl (C=O) groups excluding carboxylic acids is 3. The Bertz CT molecular complexity index is 1110. The number of allylic oxidation sites excluding steroid dienone is 1. The number of nitrogens with two attached hydrogens (primary N) is 1. The van der Waals surface area contributed by atoms with Crippen molar-refractivity contribution in [2.45, 2.75) is 125 Å². The van der Waals surface area contributed by atoms with Gasteiger partial charge in [0, 0.05) is 17.7 Å². The second-order valence-corrected chi connectivity index (χ2v) is 13.7. The molecule has 0 saturated carbocycles. The average Bonchev–Trinajstić information content (AvgIpc) is 3.35. The van der Waals surface area contributed by atoms with Crippen LogP contribution in [0, 0.1) is 24.2 Å². The van der Waals surface area contributed by atoms with Gasteiger partial charge in [-0.25, -0.2) is 4.98 Å². The predicted octanol–water partition coefficient (Wildman–Crippen LogP) is 5.91. The number of aryl methyl sites for hydroxylation is 1. The number of ketones is 1. The molecule has 42 heavy (non-hydrogen) atoms. The van der Waals surface area contributed by atoms with E-state index in [-0.39, 0.29) is 36.5 Å². The quantitative estimate of drug-likeness (QED) is 0.191. The molecule has 1 aliphatic rings. The van der Waals surface area contributed by atoms with Crippen molar-refractivity contribution in [2.75, 3.05) is 6.54 Å². The Morgan fingerprint density at radius 3 is 2.60 bits per heavy atom. The van der Waals surface area contributed by atoms with Gasteiger partial charge in [-0.3, -0.25) is 14.4 Å². The molecule has 2 heterocycles. The maximum Gasteiger partial charge on any atom is 0.306 e. The number of esters is 1. The molecule has 1 amide bonds. The summed E-state index contributed by atoms with van der Waals surface area (Å²) in [6, 6.07) is -0.284. The number of hydrogen-bond acceptors (Lipinski definition) is 8. The van der Waals surface area contributed by atoms with Crippen LogP contribution in [0.4, 0.5) is 0 Å². The zero-order valence-corrected chi connectivity index (χ0v) is 27.5. The molecule has 0 bridgehead atoms. The highest BCUT2D eigenvalue weighted by molar-refractivity contribution is 7.09. The highest BCUT2D eigenvalue weighted by Crippen LogP contribution is 2.34. The number of carbonyl (C=O) groups is 3. The smallest absolute Gasteiger partial charge is 0.306 e. The highest BCUT2D eigenvalue weighted by atomic mass is 32.1. The summed E-state index contributed by atoms with van der Waals surface area (Å²) < 4.78 is 5.89. The number of hydrogen-bond donors (Lipinski definition) is 3. The van der Waals surface area contributed by atoms with Gasteiger partial charge in [0.25, 0.3) is 0 Å². The molecule has 0 spiro atoms. The number of Topliss-reactive ketones (excluding diaryl/α,β-unsaturated/α-hetero) is 1. The Morgan fingerprint density at radius 1 is 1.24 bits per heavy atom. The zero-order valence-electron chi connectivity index (χ0n) is 26.7. The van der Waals surface area contributed by atoms with Gasteiger partial charge >= 0.3 is 5.97 Å². The van der Waals surface area contributed by atoms with Gasteiger partial charge in [-0.05, 0) is 97.3 Å². The molecule has 0 fully saturated rings. The molecule has 9 heteroatoms. The Morgan fingerprint density at radius 2 is 1.95 bits per heavy atom. The van der Waals surface area contributed by atoms with E-state index < -0.39 is 29.5 Å². The third-order valence-corrected chi connectivity index (χ3v) is 9.30. The fraction of sp³-hybridized carbons (Fsp3) is 0.697. The Hall–Kier alpha value is -2.36. The molecule has 0 aliphatic carbocycles. The summed E-state index contributed by atoms with van der Waals surface area (Å²) in [6.45, 7) is 13.7. The van der Waals surface area contributed by atoms with Crippen LogP contribution in [-0.4, -0.2) is 52.5 Å². The van der Waals surface area contributed by atoms with Gasteiger partial charge in [-0.1, -0.05) is 31.9 Å². The lowest BCUT2D eigenvalue weighted by molar-refractivity contribution is -0.162. The van der Waals surface area contributed by atoms with E-state index in [1.807, 2.05) is 32.2 Å². The van der Waals surface area contributed by atoms with E-state index in [1.54, 1.807) is 32.1 Å². The van der Waals surface area contributed by atoms with Gasteiger partial charge in [-0.2, -0.15) is 0 Å². The molecular formula is C33H53N3O5S.